The number of hydrogen-bond donors (Lipinski definition) is 0. The largest absolute Gasteiger partial charge is 0.302 e. The molecule has 3 heteroatoms. The van der Waals surface area contributed by atoms with Gasteiger partial charge in [0, 0.05) is 11.8 Å². The van der Waals surface area contributed by atoms with E-state index in [1.54, 1.807) is 0 Å². The number of nitrogens with zero attached hydrogens (tertiary/aromatic N) is 3. The first-order chi connectivity index (χ1) is 7.22. The van der Waals surface area contributed by atoms with Crippen LogP contribution in [0.1, 0.15) is 20.8 Å². The van der Waals surface area contributed by atoms with Crippen molar-refractivity contribution in [1.29, 1.82) is 0 Å². The molecule has 0 unspecified atom stereocenters. The van der Waals surface area contributed by atoms with Crippen molar-refractivity contribution in [2.24, 2.45) is 0 Å². The van der Waals surface area contributed by atoms with E-state index in [4.69, 9.17) is 0 Å². The summed E-state index contributed by atoms with van der Waals surface area (Å²) < 4.78 is 2.03. The summed E-state index contributed by atoms with van der Waals surface area (Å²) in [5.74, 6) is 0. The van der Waals surface area contributed by atoms with E-state index in [1.807, 2.05) is 17.8 Å². The molecular formula is C12H21N3. The van der Waals surface area contributed by atoms with Gasteiger partial charge in [-0.1, -0.05) is 26.5 Å². The van der Waals surface area contributed by atoms with Crippen LogP contribution in [-0.4, -0.2) is 34.3 Å². The highest BCUT2D eigenvalue weighted by atomic mass is 15.3. The average molecular weight is 207 g/mol. The van der Waals surface area contributed by atoms with E-state index >= 15 is 0 Å². The van der Waals surface area contributed by atoms with Gasteiger partial charge < -0.3 is 4.90 Å². The number of aromatic nitrogens is 2. The molecule has 3 nitrogen and oxygen atoms in total. The summed E-state index contributed by atoms with van der Waals surface area (Å²) in [5, 5.41) is 6.48. The van der Waals surface area contributed by atoms with Crippen LogP contribution >= 0.6 is 0 Å². The quantitative estimate of drug-likeness (QED) is 0.698. The first-order valence-electron chi connectivity index (χ1n) is 5.62. The Hall–Kier alpha value is -1.09. The zero-order valence-electron chi connectivity index (χ0n) is 10.0. The van der Waals surface area contributed by atoms with Crippen LogP contribution in [0.4, 0.5) is 0 Å². The second kappa shape index (κ2) is 5.71. The Morgan fingerprint density at radius 1 is 1.47 bits per heavy atom. The molecule has 0 saturated heterocycles. The fraction of sp³-hybridized carbons (Fsp3) is 0.583. The van der Waals surface area contributed by atoms with Crippen molar-refractivity contribution in [3.8, 4) is 0 Å². The number of likely N-dealkylation sites (N-methyl/N-ethyl adjacent to an activating group) is 1. The second-order valence-electron chi connectivity index (χ2n) is 3.59. The second-order valence-corrected chi connectivity index (χ2v) is 3.59. The monoisotopic (exact) mass is 207 g/mol. The zero-order valence-corrected chi connectivity index (χ0v) is 10.0. The Kier molecular flexibility index (Phi) is 4.56. The SMILES string of the molecule is C=c1cnn(CCN(CC)CC)c1=CC. The predicted octanol–water partition coefficient (Wildman–Crippen LogP) is 0.436. The molecule has 1 aromatic heterocycles. The van der Waals surface area contributed by atoms with Gasteiger partial charge in [0.2, 0.25) is 0 Å². The number of hydrogen-bond acceptors (Lipinski definition) is 2. The molecule has 1 aromatic rings. The minimum absolute atomic E-state index is 0.941. The molecule has 0 aliphatic carbocycles. The maximum atomic E-state index is 4.32. The van der Waals surface area contributed by atoms with Crippen molar-refractivity contribution in [3.63, 3.8) is 0 Å². The molecule has 1 heterocycles. The molecule has 1 rings (SSSR count). The summed E-state index contributed by atoms with van der Waals surface area (Å²) in [4.78, 5) is 2.39. The molecule has 0 bridgehead atoms. The van der Waals surface area contributed by atoms with Crippen LogP contribution in [0.5, 0.6) is 0 Å². The highest BCUT2D eigenvalue weighted by molar-refractivity contribution is 5.17. The summed E-state index contributed by atoms with van der Waals surface area (Å²) >= 11 is 0. The van der Waals surface area contributed by atoms with E-state index in [9.17, 15) is 0 Å². The molecule has 0 spiro atoms. The van der Waals surface area contributed by atoms with E-state index in [0.717, 1.165) is 36.7 Å². The third-order valence-corrected chi connectivity index (χ3v) is 2.76. The van der Waals surface area contributed by atoms with Gasteiger partial charge in [-0.25, -0.2) is 0 Å². The van der Waals surface area contributed by atoms with E-state index in [0.29, 0.717) is 0 Å². The lowest BCUT2D eigenvalue weighted by atomic mass is 10.4. The van der Waals surface area contributed by atoms with Crippen molar-refractivity contribution in [3.05, 3.63) is 16.8 Å². The fourth-order valence-electron chi connectivity index (χ4n) is 1.72. The van der Waals surface area contributed by atoms with Gasteiger partial charge in [0.1, 0.15) is 0 Å². The van der Waals surface area contributed by atoms with E-state index in [1.165, 1.54) is 0 Å². The summed E-state index contributed by atoms with van der Waals surface area (Å²) in [5.41, 5.74) is 0. The molecule has 0 fully saturated rings. The first kappa shape index (κ1) is 12.0. The predicted molar refractivity (Wildman–Crippen MR) is 64.9 cm³/mol. The topological polar surface area (TPSA) is 21.1 Å². The van der Waals surface area contributed by atoms with Crippen LogP contribution in [0.25, 0.3) is 12.7 Å². The normalized spacial score (nSPS) is 12.7. The molecule has 0 aliphatic heterocycles. The minimum atomic E-state index is 0.941. The van der Waals surface area contributed by atoms with Gasteiger partial charge in [-0.15, -0.1) is 0 Å². The molecule has 0 atom stereocenters. The summed E-state index contributed by atoms with van der Waals surface area (Å²) in [6, 6.07) is 0. The summed E-state index contributed by atoms with van der Waals surface area (Å²) in [6.07, 6.45) is 3.90. The van der Waals surface area contributed by atoms with Crippen LogP contribution in [0.2, 0.25) is 0 Å². The first-order valence-corrected chi connectivity index (χ1v) is 5.62. The average Bonchev–Trinajstić information content (AvgIpc) is 2.61. The van der Waals surface area contributed by atoms with Crippen LogP contribution in [-0.2, 0) is 6.54 Å². The highest BCUT2D eigenvalue weighted by Gasteiger charge is 2.00. The smallest absolute Gasteiger partial charge is 0.0634 e. The maximum absolute atomic E-state index is 4.32. The molecule has 0 N–H and O–H groups in total. The molecular weight excluding hydrogens is 186 g/mol. The van der Waals surface area contributed by atoms with Crippen molar-refractivity contribution >= 4 is 12.7 Å². The maximum Gasteiger partial charge on any atom is 0.0634 e. The van der Waals surface area contributed by atoms with Gasteiger partial charge in [-0.05, 0) is 20.0 Å². The Balaban J connectivity index is 2.70. The Morgan fingerprint density at radius 3 is 2.67 bits per heavy atom. The zero-order chi connectivity index (χ0) is 11.3. The highest BCUT2D eigenvalue weighted by Crippen LogP contribution is 1.87. The minimum Gasteiger partial charge on any atom is -0.302 e. The van der Waals surface area contributed by atoms with Gasteiger partial charge in [0.15, 0.2) is 0 Å². The van der Waals surface area contributed by atoms with Crippen molar-refractivity contribution < 1.29 is 0 Å². The molecule has 84 valence electrons. The Labute approximate surface area is 91.7 Å². The molecule has 15 heavy (non-hydrogen) atoms. The van der Waals surface area contributed by atoms with Gasteiger partial charge >= 0.3 is 0 Å². The Bertz CT molecular complexity index is 387. The third kappa shape index (κ3) is 2.93. The fourth-order valence-corrected chi connectivity index (χ4v) is 1.72. The van der Waals surface area contributed by atoms with E-state index in [2.05, 4.69) is 36.5 Å². The van der Waals surface area contributed by atoms with E-state index < -0.39 is 0 Å². The molecule has 0 aliphatic rings. The Morgan fingerprint density at radius 2 is 2.13 bits per heavy atom. The lowest BCUT2D eigenvalue weighted by molar-refractivity contribution is 0.284. The molecule has 0 aromatic carbocycles. The third-order valence-electron chi connectivity index (χ3n) is 2.76. The molecule has 0 amide bonds. The lowest BCUT2D eigenvalue weighted by Crippen LogP contribution is -2.33. The number of rotatable bonds is 5. The van der Waals surface area contributed by atoms with Crippen LogP contribution in [0, 0.1) is 0 Å². The van der Waals surface area contributed by atoms with Gasteiger partial charge in [0.25, 0.3) is 0 Å². The summed E-state index contributed by atoms with van der Waals surface area (Å²) in [6.45, 7) is 14.5. The van der Waals surface area contributed by atoms with Crippen LogP contribution < -0.4 is 10.6 Å². The standard InChI is InChI=1S/C12H21N3/c1-5-12-11(4)10-13-15(12)9-8-14(6-2)7-3/h5,10H,4,6-9H2,1-3H3. The lowest BCUT2D eigenvalue weighted by Gasteiger charge is -2.17. The van der Waals surface area contributed by atoms with Gasteiger partial charge in [-0.2, -0.15) is 5.10 Å². The van der Waals surface area contributed by atoms with Crippen molar-refractivity contribution in [2.45, 2.75) is 27.3 Å². The molecule has 0 radical (unpaired) electrons. The molecule has 0 saturated carbocycles. The van der Waals surface area contributed by atoms with Crippen LogP contribution in [0.3, 0.4) is 0 Å². The van der Waals surface area contributed by atoms with Gasteiger partial charge in [-0.3, -0.25) is 4.68 Å². The van der Waals surface area contributed by atoms with E-state index in [-0.39, 0.29) is 0 Å². The van der Waals surface area contributed by atoms with Crippen molar-refractivity contribution in [2.75, 3.05) is 19.6 Å². The van der Waals surface area contributed by atoms with Gasteiger partial charge in [0.05, 0.1) is 18.1 Å². The van der Waals surface area contributed by atoms with Crippen molar-refractivity contribution in [1.82, 2.24) is 14.7 Å². The summed E-state index contributed by atoms with van der Waals surface area (Å²) in [7, 11) is 0. The van der Waals surface area contributed by atoms with Crippen LogP contribution in [0.15, 0.2) is 6.20 Å².